The maximum atomic E-state index is 12.5. The molecule has 2 aromatic rings. The van der Waals surface area contributed by atoms with Crippen molar-refractivity contribution < 1.29 is 4.79 Å². The quantitative estimate of drug-likeness (QED) is 0.904. The van der Waals surface area contributed by atoms with Gasteiger partial charge in [0.05, 0.1) is 27.6 Å². The minimum Gasteiger partial charge on any atom is -0.352 e. The van der Waals surface area contributed by atoms with Gasteiger partial charge in [-0.3, -0.25) is 4.79 Å². The van der Waals surface area contributed by atoms with Crippen molar-refractivity contribution in [3.8, 4) is 0 Å². The first-order chi connectivity index (χ1) is 11.5. The Kier molecular flexibility index (Phi) is 5.23. The molecule has 1 fully saturated rings. The summed E-state index contributed by atoms with van der Waals surface area (Å²) in [6.07, 6.45) is 1.61. The highest BCUT2D eigenvalue weighted by Gasteiger charge is 2.21. The summed E-state index contributed by atoms with van der Waals surface area (Å²) >= 11 is 12.3. The number of piperazine rings is 1. The Labute approximate surface area is 151 Å². The second-order valence-electron chi connectivity index (χ2n) is 5.75. The Morgan fingerprint density at radius 1 is 1.08 bits per heavy atom. The SMILES string of the molecule is CN1CCN(C(=O)c2ccc(Nc3c(Cl)cccc3Cl)cn2)CC1. The number of hydrogen-bond donors (Lipinski definition) is 1. The van der Waals surface area contributed by atoms with Gasteiger partial charge in [-0.15, -0.1) is 0 Å². The second-order valence-corrected chi connectivity index (χ2v) is 6.56. The predicted octanol–water partition coefficient (Wildman–Crippen LogP) is 3.52. The first-order valence-electron chi connectivity index (χ1n) is 7.69. The summed E-state index contributed by atoms with van der Waals surface area (Å²) in [6.45, 7) is 3.23. The normalized spacial score (nSPS) is 15.4. The summed E-state index contributed by atoms with van der Waals surface area (Å²) in [5.74, 6) is -0.0366. The largest absolute Gasteiger partial charge is 0.352 e. The van der Waals surface area contributed by atoms with Crippen LogP contribution in [0.1, 0.15) is 10.5 Å². The van der Waals surface area contributed by atoms with Gasteiger partial charge in [0.1, 0.15) is 5.69 Å². The van der Waals surface area contributed by atoms with Crippen LogP contribution in [0.2, 0.25) is 10.0 Å². The number of hydrogen-bond acceptors (Lipinski definition) is 4. The van der Waals surface area contributed by atoms with Crippen molar-refractivity contribution in [3.63, 3.8) is 0 Å². The first-order valence-corrected chi connectivity index (χ1v) is 8.45. The Balaban J connectivity index is 1.70. The van der Waals surface area contributed by atoms with Crippen molar-refractivity contribution in [1.29, 1.82) is 0 Å². The van der Waals surface area contributed by atoms with Crippen LogP contribution in [0, 0.1) is 0 Å². The molecule has 1 saturated heterocycles. The fourth-order valence-corrected chi connectivity index (χ4v) is 3.02. The van der Waals surface area contributed by atoms with Crippen molar-refractivity contribution in [2.24, 2.45) is 0 Å². The van der Waals surface area contributed by atoms with Crippen molar-refractivity contribution in [1.82, 2.24) is 14.8 Å². The molecule has 0 aliphatic carbocycles. The van der Waals surface area contributed by atoms with E-state index in [0.717, 1.165) is 31.9 Å². The average Bonchev–Trinajstić information content (AvgIpc) is 2.59. The first kappa shape index (κ1) is 17.0. The molecule has 0 bridgehead atoms. The van der Waals surface area contributed by atoms with E-state index in [-0.39, 0.29) is 5.91 Å². The van der Waals surface area contributed by atoms with Gasteiger partial charge in [-0.2, -0.15) is 0 Å². The summed E-state index contributed by atoms with van der Waals surface area (Å²) in [4.78, 5) is 20.8. The van der Waals surface area contributed by atoms with Crippen LogP contribution in [0.15, 0.2) is 36.5 Å². The number of benzene rings is 1. The number of anilines is 2. The van der Waals surface area contributed by atoms with E-state index in [4.69, 9.17) is 23.2 Å². The number of aromatic nitrogens is 1. The zero-order chi connectivity index (χ0) is 17.1. The number of carbonyl (C=O) groups is 1. The van der Waals surface area contributed by atoms with Crippen molar-refractivity contribution in [2.45, 2.75) is 0 Å². The van der Waals surface area contributed by atoms with Crippen molar-refractivity contribution in [3.05, 3.63) is 52.3 Å². The molecule has 3 rings (SSSR count). The molecule has 1 aromatic carbocycles. The van der Waals surface area contributed by atoms with Crippen LogP contribution >= 0.6 is 23.2 Å². The Hall–Kier alpha value is -1.82. The number of halogens is 2. The third kappa shape index (κ3) is 3.80. The van der Waals surface area contributed by atoms with Gasteiger partial charge in [0.2, 0.25) is 0 Å². The van der Waals surface area contributed by atoms with E-state index >= 15 is 0 Å². The summed E-state index contributed by atoms with van der Waals surface area (Å²) < 4.78 is 0. The lowest BCUT2D eigenvalue weighted by Crippen LogP contribution is -2.47. The highest BCUT2D eigenvalue weighted by Crippen LogP contribution is 2.32. The molecule has 7 heteroatoms. The molecule has 1 amide bonds. The van der Waals surface area contributed by atoms with E-state index < -0.39 is 0 Å². The van der Waals surface area contributed by atoms with Crippen LogP contribution in [-0.2, 0) is 0 Å². The lowest BCUT2D eigenvalue weighted by molar-refractivity contribution is 0.0658. The molecule has 1 aliphatic heterocycles. The van der Waals surface area contributed by atoms with E-state index in [1.165, 1.54) is 0 Å². The summed E-state index contributed by atoms with van der Waals surface area (Å²) in [7, 11) is 2.06. The number of nitrogens with one attached hydrogen (secondary N) is 1. The van der Waals surface area contributed by atoms with Gasteiger partial charge >= 0.3 is 0 Å². The van der Waals surface area contributed by atoms with Crippen LogP contribution in [0.4, 0.5) is 11.4 Å². The van der Waals surface area contributed by atoms with Gasteiger partial charge in [0.25, 0.3) is 5.91 Å². The number of carbonyl (C=O) groups excluding carboxylic acids is 1. The fourth-order valence-electron chi connectivity index (χ4n) is 2.53. The Morgan fingerprint density at radius 2 is 1.75 bits per heavy atom. The third-order valence-electron chi connectivity index (χ3n) is 4.01. The van der Waals surface area contributed by atoms with E-state index in [0.29, 0.717) is 21.4 Å². The highest BCUT2D eigenvalue weighted by atomic mass is 35.5. The maximum Gasteiger partial charge on any atom is 0.272 e. The van der Waals surface area contributed by atoms with Gasteiger partial charge in [-0.1, -0.05) is 29.3 Å². The zero-order valence-electron chi connectivity index (χ0n) is 13.3. The monoisotopic (exact) mass is 364 g/mol. The number of rotatable bonds is 3. The maximum absolute atomic E-state index is 12.5. The van der Waals surface area contributed by atoms with Crippen molar-refractivity contribution in [2.75, 3.05) is 38.5 Å². The molecule has 1 N–H and O–H groups in total. The molecule has 24 heavy (non-hydrogen) atoms. The molecule has 126 valence electrons. The number of nitrogens with zero attached hydrogens (tertiary/aromatic N) is 3. The van der Waals surface area contributed by atoms with Gasteiger partial charge in [-0.05, 0) is 31.3 Å². The van der Waals surface area contributed by atoms with Gasteiger partial charge in [-0.25, -0.2) is 4.98 Å². The summed E-state index contributed by atoms with van der Waals surface area (Å²) in [5.41, 5.74) is 1.79. The topological polar surface area (TPSA) is 48.5 Å². The van der Waals surface area contributed by atoms with Crippen LogP contribution in [0.25, 0.3) is 0 Å². The molecule has 0 saturated carbocycles. The van der Waals surface area contributed by atoms with Gasteiger partial charge in [0, 0.05) is 26.2 Å². The van der Waals surface area contributed by atoms with E-state index in [1.54, 1.807) is 36.5 Å². The van der Waals surface area contributed by atoms with Crippen LogP contribution in [0.3, 0.4) is 0 Å². The van der Waals surface area contributed by atoms with Gasteiger partial charge < -0.3 is 15.1 Å². The average molecular weight is 365 g/mol. The molecule has 1 aliphatic rings. The lowest BCUT2D eigenvalue weighted by Gasteiger charge is -2.32. The Bertz CT molecular complexity index is 708. The van der Waals surface area contributed by atoms with Gasteiger partial charge in [0.15, 0.2) is 0 Å². The molecular formula is C17H18Cl2N4O. The zero-order valence-corrected chi connectivity index (χ0v) is 14.8. The number of amides is 1. The molecular weight excluding hydrogens is 347 g/mol. The number of para-hydroxylation sites is 1. The minimum absolute atomic E-state index is 0.0366. The lowest BCUT2D eigenvalue weighted by atomic mass is 10.2. The smallest absolute Gasteiger partial charge is 0.272 e. The predicted molar refractivity (Wildman–Crippen MR) is 97.4 cm³/mol. The fraction of sp³-hybridized carbons (Fsp3) is 0.294. The number of likely N-dealkylation sites (N-methyl/N-ethyl adjacent to an activating group) is 1. The van der Waals surface area contributed by atoms with E-state index in [1.807, 2.05) is 4.90 Å². The molecule has 0 atom stereocenters. The molecule has 0 unspecified atom stereocenters. The summed E-state index contributed by atoms with van der Waals surface area (Å²) in [5, 5.41) is 4.19. The Morgan fingerprint density at radius 3 is 2.33 bits per heavy atom. The van der Waals surface area contributed by atoms with Crippen LogP contribution < -0.4 is 5.32 Å². The van der Waals surface area contributed by atoms with Crippen molar-refractivity contribution >= 4 is 40.5 Å². The van der Waals surface area contributed by atoms with Crippen LogP contribution in [-0.4, -0.2) is 53.9 Å². The van der Waals surface area contributed by atoms with Crippen LogP contribution in [0.5, 0.6) is 0 Å². The molecule has 2 heterocycles. The molecule has 1 aromatic heterocycles. The minimum atomic E-state index is -0.0366. The van der Waals surface area contributed by atoms with E-state index in [9.17, 15) is 4.79 Å². The molecule has 0 radical (unpaired) electrons. The third-order valence-corrected chi connectivity index (χ3v) is 4.64. The summed E-state index contributed by atoms with van der Waals surface area (Å²) in [6, 6.07) is 8.82. The second kappa shape index (κ2) is 7.38. The highest BCUT2D eigenvalue weighted by molar-refractivity contribution is 6.39. The molecule has 0 spiro atoms. The van der Waals surface area contributed by atoms with E-state index in [2.05, 4.69) is 22.2 Å². The number of pyridine rings is 1. The molecule has 5 nitrogen and oxygen atoms in total. The standard InChI is InChI=1S/C17H18Cl2N4O/c1-22-7-9-23(10-8-22)17(24)15-6-5-12(11-20-15)21-16-13(18)3-2-4-14(16)19/h2-6,11,21H,7-10H2,1H3.